The smallest absolute Gasteiger partial charge is 0.230 e. The van der Waals surface area contributed by atoms with E-state index in [4.69, 9.17) is 4.74 Å². The summed E-state index contributed by atoms with van der Waals surface area (Å²) in [6.45, 7) is 5.04. The van der Waals surface area contributed by atoms with E-state index < -0.39 is 0 Å². The number of likely N-dealkylation sites (tertiary alicyclic amines) is 1. The number of aromatic amines is 1. The lowest BCUT2D eigenvalue weighted by atomic mass is 9.88. The van der Waals surface area contributed by atoms with Gasteiger partial charge in [-0.05, 0) is 56.4 Å². The molecule has 1 amide bonds. The topological polar surface area (TPSA) is 70.2 Å². The number of hydrogen-bond donors (Lipinski definition) is 2. The molecule has 0 saturated carbocycles. The highest BCUT2D eigenvalue weighted by molar-refractivity contribution is 7.99. The van der Waals surface area contributed by atoms with E-state index in [1.165, 1.54) is 23.4 Å². The number of benzene rings is 2. The maximum Gasteiger partial charge on any atom is 0.230 e. The highest BCUT2D eigenvalue weighted by Gasteiger charge is 2.42. The van der Waals surface area contributed by atoms with Crippen LogP contribution in [0, 0.1) is 12.7 Å². The van der Waals surface area contributed by atoms with Crippen molar-refractivity contribution in [3.63, 3.8) is 0 Å². The molecule has 2 saturated heterocycles. The Morgan fingerprint density at radius 3 is 2.91 bits per heavy atom. The fourth-order valence-corrected chi connectivity index (χ4v) is 5.69. The number of aryl methyl sites for hydroxylation is 1. The quantitative estimate of drug-likeness (QED) is 0.488. The van der Waals surface area contributed by atoms with Gasteiger partial charge in [0.05, 0.1) is 28.5 Å². The van der Waals surface area contributed by atoms with Gasteiger partial charge in [-0.25, -0.2) is 9.37 Å². The third kappa shape index (κ3) is 5.45. The van der Waals surface area contributed by atoms with Crippen LogP contribution >= 0.6 is 11.8 Å². The molecule has 2 aliphatic rings. The number of thioether (sulfide) groups is 1. The predicted octanol–water partition coefficient (Wildman–Crippen LogP) is 4.43. The standard InChI is InChI=1S/C26H31FN4O2S/c1-18-6-7-22-23(14-18)30-25(29-22)34-17-24(32)28-15-20-8-9-26(33-20)10-12-31(13-11-26)16-19-4-2-3-5-21(19)27/h2-7,14,20H,8-13,15-17H2,1H3,(H,28,32)(H,29,30). The molecule has 0 bridgehead atoms. The van der Waals surface area contributed by atoms with Gasteiger partial charge in [-0.2, -0.15) is 0 Å². The minimum absolute atomic E-state index is 0.00843. The Hall–Kier alpha value is -2.42. The van der Waals surface area contributed by atoms with Crippen LogP contribution in [0.5, 0.6) is 0 Å². The molecule has 3 aromatic rings. The average molecular weight is 483 g/mol. The highest BCUT2D eigenvalue weighted by atomic mass is 32.2. The van der Waals surface area contributed by atoms with Crippen LogP contribution in [0.1, 0.15) is 36.8 Å². The van der Waals surface area contributed by atoms with Gasteiger partial charge in [0.25, 0.3) is 0 Å². The number of piperidine rings is 1. The molecule has 34 heavy (non-hydrogen) atoms. The molecule has 3 heterocycles. The molecule has 1 atom stereocenters. The third-order valence-electron chi connectivity index (χ3n) is 6.94. The van der Waals surface area contributed by atoms with Gasteiger partial charge in [-0.3, -0.25) is 9.69 Å². The van der Waals surface area contributed by atoms with Crippen molar-refractivity contribution >= 4 is 28.7 Å². The summed E-state index contributed by atoms with van der Waals surface area (Å²) in [5, 5.41) is 3.79. The lowest BCUT2D eigenvalue weighted by Crippen LogP contribution is -2.45. The number of H-pyrrole nitrogens is 1. The van der Waals surface area contributed by atoms with Crippen molar-refractivity contribution in [2.45, 2.75) is 56.0 Å². The molecule has 6 nitrogen and oxygen atoms in total. The van der Waals surface area contributed by atoms with Gasteiger partial charge in [0, 0.05) is 31.7 Å². The molecule has 180 valence electrons. The van der Waals surface area contributed by atoms with E-state index in [9.17, 15) is 9.18 Å². The maximum absolute atomic E-state index is 14.0. The summed E-state index contributed by atoms with van der Waals surface area (Å²) in [4.78, 5) is 22.5. The molecular formula is C26H31FN4O2S. The molecule has 1 aromatic heterocycles. The van der Waals surface area contributed by atoms with Crippen molar-refractivity contribution in [2.24, 2.45) is 0 Å². The van der Waals surface area contributed by atoms with E-state index in [0.717, 1.165) is 60.5 Å². The molecule has 2 aromatic carbocycles. The second-order valence-corrected chi connectivity index (χ2v) is 10.4. The van der Waals surface area contributed by atoms with E-state index in [-0.39, 0.29) is 23.4 Å². The SMILES string of the molecule is Cc1ccc2nc(SCC(=O)NCC3CCC4(CCN(Cc5ccccc5F)CC4)O3)[nH]c2c1. The number of carbonyl (C=O) groups excluding carboxylic acids is 1. The van der Waals surface area contributed by atoms with E-state index in [1.54, 1.807) is 6.07 Å². The Morgan fingerprint density at radius 2 is 2.09 bits per heavy atom. The van der Waals surface area contributed by atoms with Gasteiger partial charge in [0.2, 0.25) is 5.91 Å². The largest absolute Gasteiger partial charge is 0.370 e. The predicted molar refractivity (Wildman–Crippen MR) is 132 cm³/mol. The number of nitrogens with one attached hydrogen (secondary N) is 2. The number of carbonyl (C=O) groups is 1. The summed E-state index contributed by atoms with van der Waals surface area (Å²) < 4.78 is 20.4. The Labute approximate surface area is 203 Å². The van der Waals surface area contributed by atoms with Crippen LogP contribution in [-0.2, 0) is 16.1 Å². The molecule has 0 radical (unpaired) electrons. The number of hydrogen-bond acceptors (Lipinski definition) is 5. The van der Waals surface area contributed by atoms with Crippen molar-refractivity contribution in [1.82, 2.24) is 20.2 Å². The molecule has 1 unspecified atom stereocenters. The molecule has 2 aliphatic heterocycles. The third-order valence-corrected chi connectivity index (χ3v) is 7.81. The zero-order valence-corrected chi connectivity index (χ0v) is 20.3. The van der Waals surface area contributed by atoms with Gasteiger partial charge in [-0.15, -0.1) is 0 Å². The van der Waals surface area contributed by atoms with Crippen molar-refractivity contribution in [2.75, 3.05) is 25.4 Å². The first kappa shape index (κ1) is 23.3. The molecular weight excluding hydrogens is 451 g/mol. The molecule has 2 N–H and O–H groups in total. The Balaban J connectivity index is 1.04. The zero-order valence-electron chi connectivity index (χ0n) is 19.5. The lowest BCUT2D eigenvalue weighted by molar-refractivity contribution is -0.120. The first-order chi connectivity index (χ1) is 16.5. The summed E-state index contributed by atoms with van der Waals surface area (Å²) in [6.07, 6.45) is 3.94. The second-order valence-electron chi connectivity index (χ2n) is 9.48. The summed E-state index contributed by atoms with van der Waals surface area (Å²) in [5.41, 5.74) is 3.74. The maximum atomic E-state index is 14.0. The van der Waals surface area contributed by atoms with Crippen molar-refractivity contribution < 1.29 is 13.9 Å². The molecule has 1 spiro atoms. The first-order valence-electron chi connectivity index (χ1n) is 12.0. The minimum atomic E-state index is -0.135. The number of fused-ring (bicyclic) bond motifs is 1. The molecule has 5 rings (SSSR count). The van der Waals surface area contributed by atoms with E-state index in [0.29, 0.717) is 18.8 Å². The lowest BCUT2D eigenvalue weighted by Gasteiger charge is -2.39. The highest BCUT2D eigenvalue weighted by Crippen LogP contribution is 2.39. The number of aromatic nitrogens is 2. The van der Waals surface area contributed by atoms with Gasteiger partial charge in [0.1, 0.15) is 5.82 Å². The van der Waals surface area contributed by atoms with Gasteiger partial charge in [-0.1, -0.05) is 36.0 Å². The number of imidazole rings is 1. The fraction of sp³-hybridized carbons (Fsp3) is 0.462. The number of ether oxygens (including phenoxy) is 1. The summed E-state index contributed by atoms with van der Waals surface area (Å²) in [6, 6.07) is 13.1. The van der Waals surface area contributed by atoms with Crippen LogP contribution in [-0.4, -0.2) is 57.9 Å². The van der Waals surface area contributed by atoms with Crippen molar-refractivity contribution in [3.05, 3.63) is 59.4 Å². The van der Waals surface area contributed by atoms with Gasteiger partial charge < -0.3 is 15.0 Å². The summed E-state index contributed by atoms with van der Waals surface area (Å²) >= 11 is 1.41. The molecule has 8 heteroatoms. The van der Waals surface area contributed by atoms with Crippen LogP contribution < -0.4 is 5.32 Å². The van der Waals surface area contributed by atoms with E-state index >= 15 is 0 Å². The summed E-state index contributed by atoms with van der Waals surface area (Å²) in [5.74, 6) is 0.178. The van der Waals surface area contributed by atoms with Crippen molar-refractivity contribution in [1.29, 1.82) is 0 Å². The second kappa shape index (κ2) is 10.1. The van der Waals surface area contributed by atoms with Gasteiger partial charge in [0.15, 0.2) is 5.16 Å². The number of rotatable bonds is 7. The van der Waals surface area contributed by atoms with Crippen molar-refractivity contribution in [3.8, 4) is 0 Å². The van der Waals surface area contributed by atoms with Crippen LogP contribution in [0.3, 0.4) is 0 Å². The Morgan fingerprint density at radius 1 is 1.26 bits per heavy atom. The van der Waals surface area contributed by atoms with Crippen LogP contribution in [0.4, 0.5) is 4.39 Å². The first-order valence-corrected chi connectivity index (χ1v) is 13.0. The number of amides is 1. The van der Waals surface area contributed by atoms with E-state index in [1.807, 2.05) is 31.2 Å². The average Bonchev–Trinajstić information content (AvgIpc) is 3.43. The van der Waals surface area contributed by atoms with Crippen LogP contribution in [0.2, 0.25) is 0 Å². The zero-order chi connectivity index (χ0) is 23.5. The summed E-state index contributed by atoms with van der Waals surface area (Å²) in [7, 11) is 0. The molecule has 2 fully saturated rings. The monoisotopic (exact) mass is 482 g/mol. The Bertz CT molecular complexity index is 1160. The Kier molecular flexibility index (Phi) is 6.90. The van der Waals surface area contributed by atoms with E-state index in [2.05, 4.69) is 26.3 Å². The van der Waals surface area contributed by atoms with Gasteiger partial charge >= 0.3 is 0 Å². The minimum Gasteiger partial charge on any atom is -0.370 e. The molecule has 0 aliphatic carbocycles. The normalized spacial score (nSPS) is 20.2. The van der Waals surface area contributed by atoms with Crippen LogP contribution in [0.15, 0.2) is 47.6 Å². The number of halogens is 1. The number of nitrogens with zero attached hydrogens (tertiary/aromatic N) is 2. The van der Waals surface area contributed by atoms with Crippen LogP contribution in [0.25, 0.3) is 11.0 Å². The fourth-order valence-electron chi connectivity index (χ4n) is 4.97.